The number of carbonyl (C=O) groups is 3. The van der Waals surface area contributed by atoms with Crippen molar-refractivity contribution in [2.24, 2.45) is 23.7 Å². The molecule has 1 aromatic rings. The largest absolute Gasteiger partial charge is 0.483 e. The summed E-state index contributed by atoms with van der Waals surface area (Å²) in [5.74, 6) is -1.09. The van der Waals surface area contributed by atoms with Gasteiger partial charge in [0.25, 0.3) is 17.7 Å². The summed E-state index contributed by atoms with van der Waals surface area (Å²) in [5.41, 5.74) is 3.19. The number of hydrazine groups is 1. The molecule has 130 valence electrons. The number of ether oxygens (including phenoxy) is 1. The molecule has 3 amide bonds. The van der Waals surface area contributed by atoms with E-state index in [2.05, 4.69) is 5.43 Å². The predicted molar refractivity (Wildman–Crippen MR) is 89.4 cm³/mol. The molecule has 0 radical (unpaired) electrons. The molecular weight excluding hydrogens is 344 g/mol. The van der Waals surface area contributed by atoms with E-state index in [1.165, 1.54) is 0 Å². The van der Waals surface area contributed by atoms with Gasteiger partial charge in [-0.3, -0.25) is 19.8 Å². The summed E-state index contributed by atoms with van der Waals surface area (Å²) in [5, 5.41) is 1.46. The summed E-state index contributed by atoms with van der Waals surface area (Å²) in [6.45, 7) is 1.52. The molecule has 6 nitrogen and oxygen atoms in total. The second-order valence-electron chi connectivity index (χ2n) is 6.75. The molecule has 7 heteroatoms. The van der Waals surface area contributed by atoms with Crippen molar-refractivity contribution in [2.45, 2.75) is 13.3 Å². The molecule has 4 rings (SSSR count). The maximum atomic E-state index is 12.5. The quantitative estimate of drug-likeness (QED) is 0.657. The van der Waals surface area contributed by atoms with E-state index in [0.717, 1.165) is 17.0 Å². The Kier molecular flexibility index (Phi) is 3.80. The average molecular weight is 361 g/mol. The summed E-state index contributed by atoms with van der Waals surface area (Å²) in [4.78, 5) is 37.1. The number of nitrogens with zero attached hydrogens (tertiary/aromatic N) is 1. The second-order valence-corrected chi connectivity index (χ2v) is 7.18. The second kappa shape index (κ2) is 5.88. The maximum Gasteiger partial charge on any atom is 0.276 e. The highest BCUT2D eigenvalue weighted by atomic mass is 35.5. The van der Waals surface area contributed by atoms with E-state index < -0.39 is 5.91 Å². The molecule has 1 heterocycles. The highest BCUT2D eigenvalue weighted by molar-refractivity contribution is 6.30. The van der Waals surface area contributed by atoms with Crippen LogP contribution in [0.15, 0.2) is 30.4 Å². The molecule has 3 aliphatic rings. The first-order chi connectivity index (χ1) is 12.0. The number of amides is 3. The standard InChI is InChI=1S/C18H17ClN2O4/c1-9-6-12(19)4-5-13(9)25-8-14(22)20-21-17(23)15-10-2-3-11(7-10)16(15)18(21)24/h2-6,10-11,15-16H,7-8H2,1H3,(H,20,22)/t10-,11+,15-,16-/m1/s1. The van der Waals surface area contributed by atoms with E-state index in [1.54, 1.807) is 18.2 Å². The molecule has 4 atom stereocenters. The highest BCUT2D eigenvalue weighted by Gasteiger charge is 2.59. The van der Waals surface area contributed by atoms with E-state index >= 15 is 0 Å². The minimum absolute atomic E-state index is 0.112. The van der Waals surface area contributed by atoms with E-state index in [-0.39, 0.29) is 42.1 Å². The number of allylic oxidation sites excluding steroid dienone is 2. The molecule has 2 bridgehead atoms. The summed E-state index contributed by atoms with van der Waals surface area (Å²) in [6, 6.07) is 5.07. The van der Waals surface area contributed by atoms with E-state index in [4.69, 9.17) is 16.3 Å². The Bertz CT molecular complexity index is 776. The van der Waals surface area contributed by atoms with E-state index in [9.17, 15) is 14.4 Å². The molecule has 25 heavy (non-hydrogen) atoms. The van der Waals surface area contributed by atoms with Crippen LogP contribution >= 0.6 is 11.6 Å². The van der Waals surface area contributed by atoms with Gasteiger partial charge in [0, 0.05) is 5.02 Å². The molecule has 1 N–H and O–H groups in total. The van der Waals surface area contributed by atoms with Gasteiger partial charge in [-0.2, -0.15) is 5.01 Å². The van der Waals surface area contributed by atoms with Crippen LogP contribution in [0.25, 0.3) is 0 Å². The number of benzene rings is 1. The van der Waals surface area contributed by atoms with Crippen LogP contribution in [0.3, 0.4) is 0 Å². The lowest BCUT2D eigenvalue weighted by molar-refractivity contribution is -0.150. The van der Waals surface area contributed by atoms with Gasteiger partial charge in [-0.1, -0.05) is 23.8 Å². The SMILES string of the molecule is Cc1cc(Cl)ccc1OCC(=O)NN1C(=O)[C@H]2[C@H](C1=O)[C@H]1C=C[C@@H]2C1. The van der Waals surface area contributed by atoms with E-state index in [1.807, 2.05) is 19.1 Å². The third-order valence-electron chi connectivity index (χ3n) is 5.20. The zero-order valence-corrected chi connectivity index (χ0v) is 14.3. The van der Waals surface area contributed by atoms with Crippen molar-refractivity contribution < 1.29 is 19.1 Å². The van der Waals surface area contributed by atoms with Crippen molar-refractivity contribution in [3.05, 3.63) is 40.9 Å². The van der Waals surface area contributed by atoms with Gasteiger partial charge in [0.15, 0.2) is 6.61 Å². The Balaban J connectivity index is 1.38. The topological polar surface area (TPSA) is 75.7 Å². The zero-order chi connectivity index (χ0) is 17.7. The van der Waals surface area contributed by atoms with Crippen molar-refractivity contribution in [3.8, 4) is 5.75 Å². The van der Waals surface area contributed by atoms with Crippen LogP contribution in [0, 0.1) is 30.6 Å². The molecule has 1 saturated carbocycles. The molecule has 1 saturated heterocycles. The normalized spacial score (nSPS) is 29.3. The van der Waals surface area contributed by atoms with Crippen LogP contribution < -0.4 is 10.2 Å². The third kappa shape index (κ3) is 2.61. The Morgan fingerprint density at radius 2 is 1.88 bits per heavy atom. The first-order valence-electron chi connectivity index (χ1n) is 8.20. The van der Waals surface area contributed by atoms with Gasteiger partial charge < -0.3 is 4.74 Å². The third-order valence-corrected chi connectivity index (χ3v) is 5.44. The lowest BCUT2D eigenvalue weighted by atomic mass is 9.85. The number of hydrogen-bond acceptors (Lipinski definition) is 4. The lowest BCUT2D eigenvalue weighted by Gasteiger charge is -2.18. The fraction of sp³-hybridized carbons (Fsp3) is 0.389. The average Bonchev–Trinajstić information content (AvgIpc) is 3.24. The zero-order valence-electron chi connectivity index (χ0n) is 13.6. The molecule has 0 spiro atoms. The summed E-state index contributed by atoms with van der Waals surface area (Å²) < 4.78 is 5.45. The molecule has 0 unspecified atom stereocenters. The number of imide groups is 1. The van der Waals surface area contributed by atoms with Crippen molar-refractivity contribution in [2.75, 3.05) is 6.61 Å². The van der Waals surface area contributed by atoms with Crippen LogP contribution in [0.5, 0.6) is 5.75 Å². The van der Waals surface area contributed by atoms with Crippen molar-refractivity contribution in [1.82, 2.24) is 10.4 Å². The van der Waals surface area contributed by atoms with Gasteiger partial charge in [-0.25, -0.2) is 0 Å². The van der Waals surface area contributed by atoms with Crippen LogP contribution in [-0.2, 0) is 14.4 Å². The maximum absolute atomic E-state index is 12.5. The number of nitrogens with one attached hydrogen (secondary N) is 1. The van der Waals surface area contributed by atoms with E-state index in [0.29, 0.717) is 10.8 Å². The predicted octanol–water partition coefficient (Wildman–Crippen LogP) is 1.87. The minimum atomic E-state index is -0.545. The molecule has 2 fully saturated rings. The number of halogens is 1. The molecule has 2 aliphatic carbocycles. The van der Waals surface area contributed by atoms with Crippen molar-refractivity contribution in [3.63, 3.8) is 0 Å². The Labute approximate surface area is 149 Å². The van der Waals surface area contributed by atoms with Crippen molar-refractivity contribution in [1.29, 1.82) is 0 Å². The number of aryl methyl sites for hydroxylation is 1. The Morgan fingerprint density at radius 1 is 1.24 bits per heavy atom. The smallest absolute Gasteiger partial charge is 0.276 e. The highest BCUT2D eigenvalue weighted by Crippen LogP contribution is 2.52. The van der Waals surface area contributed by atoms with Crippen LogP contribution in [0.1, 0.15) is 12.0 Å². The molecular formula is C18H17ClN2O4. The van der Waals surface area contributed by atoms with Gasteiger partial charge in [0.1, 0.15) is 5.75 Å². The molecule has 1 aliphatic heterocycles. The fourth-order valence-corrected chi connectivity index (χ4v) is 4.31. The number of carbonyl (C=O) groups excluding carboxylic acids is 3. The summed E-state index contributed by atoms with van der Waals surface area (Å²) >= 11 is 5.88. The first-order valence-corrected chi connectivity index (χ1v) is 8.58. The Hall–Kier alpha value is -2.34. The monoisotopic (exact) mass is 360 g/mol. The number of hydrogen-bond donors (Lipinski definition) is 1. The number of fused-ring (bicyclic) bond motifs is 5. The van der Waals surface area contributed by atoms with Crippen LogP contribution in [-0.4, -0.2) is 29.3 Å². The van der Waals surface area contributed by atoms with Gasteiger partial charge in [-0.15, -0.1) is 0 Å². The Morgan fingerprint density at radius 3 is 2.48 bits per heavy atom. The van der Waals surface area contributed by atoms with Crippen LogP contribution in [0.4, 0.5) is 0 Å². The molecule has 0 aromatic heterocycles. The fourth-order valence-electron chi connectivity index (χ4n) is 4.09. The van der Waals surface area contributed by atoms with Crippen LogP contribution in [0.2, 0.25) is 5.02 Å². The minimum Gasteiger partial charge on any atom is -0.483 e. The van der Waals surface area contributed by atoms with Gasteiger partial charge >= 0.3 is 0 Å². The first kappa shape index (κ1) is 16.1. The van der Waals surface area contributed by atoms with Gasteiger partial charge in [-0.05, 0) is 48.9 Å². The molecule has 1 aromatic carbocycles. The summed E-state index contributed by atoms with van der Waals surface area (Å²) in [6.07, 6.45) is 4.87. The van der Waals surface area contributed by atoms with Crippen molar-refractivity contribution >= 4 is 29.3 Å². The van der Waals surface area contributed by atoms with Gasteiger partial charge in [0.05, 0.1) is 11.8 Å². The number of rotatable bonds is 4. The summed E-state index contributed by atoms with van der Waals surface area (Å²) in [7, 11) is 0. The lowest BCUT2D eigenvalue weighted by Crippen LogP contribution is -2.48. The van der Waals surface area contributed by atoms with Gasteiger partial charge in [0.2, 0.25) is 0 Å².